The average Bonchev–Trinajstić information content (AvgIpc) is 2.60. The van der Waals surface area contributed by atoms with Gasteiger partial charge in [-0.1, -0.05) is 25.6 Å². The van der Waals surface area contributed by atoms with E-state index in [2.05, 4.69) is 22.5 Å². The number of hydrogen-bond acceptors (Lipinski definition) is 4. The van der Waals surface area contributed by atoms with Crippen LogP contribution in [0.4, 0.5) is 4.79 Å². The van der Waals surface area contributed by atoms with Gasteiger partial charge in [0.25, 0.3) is 11.8 Å². The van der Waals surface area contributed by atoms with Gasteiger partial charge in [0.05, 0.1) is 4.47 Å². The number of urea groups is 1. The number of carbonyl (C=O) groups is 3. The minimum Gasteiger partial charge on any atom is -0.488 e. The number of imide groups is 2. The van der Waals surface area contributed by atoms with Gasteiger partial charge in [0.2, 0.25) is 0 Å². The molecule has 1 aromatic carbocycles. The fraction of sp³-hybridized carbons (Fsp3) is 0.278. The molecule has 25 heavy (non-hydrogen) atoms. The maximum Gasteiger partial charge on any atom is 0.333 e. The Balaban J connectivity index is 2.36. The molecule has 1 aliphatic heterocycles. The van der Waals surface area contributed by atoms with Crippen molar-refractivity contribution < 1.29 is 19.1 Å². The van der Waals surface area contributed by atoms with Crippen LogP contribution in [0.15, 0.2) is 40.9 Å². The highest BCUT2D eigenvalue weighted by atomic mass is 79.9. The summed E-state index contributed by atoms with van der Waals surface area (Å²) in [5.41, 5.74) is 0.607. The van der Waals surface area contributed by atoms with Crippen LogP contribution >= 0.6 is 15.9 Å². The number of likely N-dealkylation sites (N-methyl/N-ethyl adjacent to an activating group) is 1. The summed E-state index contributed by atoms with van der Waals surface area (Å²) in [4.78, 5) is 39.0. The first-order chi connectivity index (χ1) is 11.9. The van der Waals surface area contributed by atoms with Crippen LogP contribution in [0.2, 0.25) is 0 Å². The molecule has 0 bridgehead atoms. The normalized spacial score (nSPS) is 16.6. The van der Waals surface area contributed by atoms with E-state index < -0.39 is 17.8 Å². The number of amides is 4. The molecule has 0 aliphatic carbocycles. The standard InChI is InChI=1S/C18H19BrN2O4/c1-4-8-21-17(23)13(16(22)20(3)18(21)24)10-12-6-7-15(14(19)11-12)25-9-5-2/h5-7,10-11H,2,4,8-9H2,1,3H3. The highest BCUT2D eigenvalue weighted by Crippen LogP contribution is 2.28. The fourth-order valence-corrected chi connectivity index (χ4v) is 2.87. The third-order valence-corrected chi connectivity index (χ3v) is 4.22. The fourth-order valence-electron chi connectivity index (χ4n) is 2.36. The number of hydrogen-bond donors (Lipinski definition) is 0. The van der Waals surface area contributed by atoms with E-state index in [-0.39, 0.29) is 12.1 Å². The van der Waals surface area contributed by atoms with Crippen LogP contribution in [0.3, 0.4) is 0 Å². The lowest BCUT2D eigenvalue weighted by atomic mass is 10.1. The largest absolute Gasteiger partial charge is 0.488 e. The molecule has 0 N–H and O–H groups in total. The zero-order valence-electron chi connectivity index (χ0n) is 14.1. The van der Waals surface area contributed by atoms with Gasteiger partial charge in [-0.05, 0) is 46.1 Å². The maximum atomic E-state index is 12.5. The predicted octanol–water partition coefficient (Wildman–Crippen LogP) is 3.23. The van der Waals surface area contributed by atoms with Crippen molar-refractivity contribution >= 4 is 39.9 Å². The molecular formula is C18H19BrN2O4. The Morgan fingerprint density at radius 2 is 1.96 bits per heavy atom. The lowest BCUT2D eigenvalue weighted by molar-refractivity contribution is -0.135. The monoisotopic (exact) mass is 406 g/mol. The molecule has 4 amide bonds. The molecule has 1 aromatic rings. The molecule has 0 atom stereocenters. The Labute approximate surface area is 154 Å². The predicted molar refractivity (Wildman–Crippen MR) is 98.0 cm³/mol. The summed E-state index contributed by atoms with van der Waals surface area (Å²) in [7, 11) is 1.37. The van der Waals surface area contributed by atoms with Crippen LogP contribution in [-0.2, 0) is 9.59 Å². The molecule has 132 valence electrons. The molecule has 0 saturated carbocycles. The van der Waals surface area contributed by atoms with Crippen molar-refractivity contribution in [2.75, 3.05) is 20.2 Å². The minimum atomic E-state index is -0.606. The van der Waals surface area contributed by atoms with Gasteiger partial charge in [-0.15, -0.1) is 0 Å². The highest BCUT2D eigenvalue weighted by Gasteiger charge is 2.39. The number of rotatable bonds is 6. The van der Waals surface area contributed by atoms with Crippen LogP contribution in [0, 0.1) is 0 Å². The molecule has 0 radical (unpaired) electrons. The highest BCUT2D eigenvalue weighted by molar-refractivity contribution is 9.10. The molecule has 2 rings (SSSR count). The second kappa shape index (κ2) is 8.11. The van der Waals surface area contributed by atoms with Gasteiger partial charge in [-0.25, -0.2) is 4.79 Å². The maximum absolute atomic E-state index is 12.5. The van der Waals surface area contributed by atoms with Gasteiger partial charge in [-0.2, -0.15) is 0 Å². The second-order valence-electron chi connectivity index (χ2n) is 5.45. The number of halogens is 1. The van der Waals surface area contributed by atoms with Crippen molar-refractivity contribution in [1.82, 2.24) is 9.80 Å². The first-order valence-corrected chi connectivity index (χ1v) is 8.58. The summed E-state index contributed by atoms with van der Waals surface area (Å²) in [5.74, 6) is -0.549. The molecular weight excluding hydrogens is 388 g/mol. The Kier molecular flexibility index (Phi) is 6.14. The third-order valence-electron chi connectivity index (χ3n) is 3.60. The SMILES string of the molecule is C=CCOc1ccc(C=C2C(=O)N(C)C(=O)N(CCC)C2=O)cc1Br. The van der Waals surface area contributed by atoms with Gasteiger partial charge in [-0.3, -0.25) is 19.4 Å². The summed E-state index contributed by atoms with van der Waals surface area (Å²) in [6, 6.07) is 4.61. The minimum absolute atomic E-state index is 0.0396. The van der Waals surface area contributed by atoms with Crippen LogP contribution in [0.25, 0.3) is 6.08 Å². The Morgan fingerprint density at radius 3 is 2.56 bits per heavy atom. The molecule has 1 fully saturated rings. The van der Waals surface area contributed by atoms with E-state index in [4.69, 9.17) is 4.74 Å². The molecule has 0 unspecified atom stereocenters. The third kappa shape index (κ3) is 3.99. The van der Waals surface area contributed by atoms with Gasteiger partial charge in [0.15, 0.2) is 0 Å². The smallest absolute Gasteiger partial charge is 0.333 e. The Bertz CT molecular complexity index is 757. The summed E-state index contributed by atoms with van der Waals surface area (Å²) < 4.78 is 6.16. The van der Waals surface area contributed by atoms with Gasteiger partial charge >= 0.3 is 6.03 Å². The van der Waals surface area contributed by atoms with Crippen LogP contribution in [0.5, 0.6) is 5.75 Å². The zero-order chi connectivity index (χ0) is 18.6. The van der Waals surface area contributed by atoms with Crippen molar-refractivity contribution in [2.24, 2.45) is 0 Å². The lowest BCUT2D eigenvalue weighted by Gasteiger charge is -2.31. The first kappa shape index (κ1) is 18.9. The van der Waals surface area contributed by atoms with Gasteiger partial charge in [0.1, 0.15) is 17.9 Å². The van der Waals surface area contributed by atoms with E-state index in [9.17, 15) is 14.4 Å². The molecule has 1 heterocycles. The molecule has 0 spiro atoms. The number of carbonyl (C=O) groups excluding carboxylic acids is 3. The van der Waals surface area contributed by atoms with Crippen LogP contribution in [0.1, 0.15) is 18.9 Å². The topological polar surface area (TPSA) is 66.9 Å². The average molecular weight is 407 g/mol. The number of nitrogens with zero attached hydrogens (tertiary/aromatic N) is 2. The summed E-state index contributed by atoms with van der Waals surface area (Å²) in [5, 5.41) is 0. The summed E-state index contributed by atoms with van der Waals surface area (Å²) in [6.07, 6.45) is 3.74. The Morgan fingerprint density at radius 1 is 1.24 bits per heavy atom. The molecule has 7 heteroatoms. The Hall–Kier alpha value is -2.41. The quantitative estimate of drug-likeness (QED) is 0.413. The molecule has 1 saturated heterocycles. The van der Waals surface area contributed by atoms with Crippen molar-refractivity contribution in [3.05, 3.63) is 46.5 Å². The first-order valence-electron chi connectivity index (χ1n) is 7.79. The lowest BCUT2D eigenvalue weighted by Crippen LogP contribution is -2.54. The summed E-state index contributed by atoms with van der Waals surface area (Å²) in [6.45, 7) is 6.09. The van der Waals surface area contributed by atoms with E-state index in [1.165, 1.54) is 13.1 Å². The number of benzene rings is 1. The second-order valence-corrected chi connectivity index (χ2v) is 6.31. The van der Waals surface area contributed by atoms with Crippen molar-refractivity contribution in [1.29, 1.82) is 0 Å². The number of barbiturate groups is 1. The number of ether oxygens (including phenoxy) is 1. The van der Waals surface area contributed by atoms with Gasteiger partial charge in [0, 0.05) is 13.6 Å². The zero-order valence-corrected chi connectivity index (χ0v) is 15.7. The van der Waals surface area contributed by atoms with E-state index in [1.807, 2.05) is 6.92 Å². The van der Waals surface area contributed by atoms with E-state index in [1.54, 1.807) is 24.3 Å². The van der Waals surface area contributed by atoms with E-state index >= 15 is 0 Å². The summed E-state index contributed by atoms with van der Waals surface area (Å²) >= 11 is 3.40. The van der Waals surface area contributed by atoms with E-state index in [0.717, 1.165) is 9.80 Å². The molecule has 0 aromatic heterocycles. The van der Waals surface area contributed by atoms with Gasteiger partial charge < -0.3 is 4.74 Å². The van der Waals surface area contributed by atoms with Crippen molar-refractivity contribution in [3.8, 4) is 5.75 Å². The van der Waals surface area contributed by atoms with Crippen LogP contribution < -0.4 is 4.74 Å². The molecule has 1 aliphatic rings. The molecule has 6 nitrogen and oxygen atoms in total. The van der Waals surface area contributed by atoms with E-state index in [0.29, 0.717) is 28.8 Å². The van der Waals surface area contributed by atoms with Crippen molar-refractivity contribution in [3.63, 3.8) is 0 Å². The van der Waals surface area contributed by atoms with Crippen LogP contribution in [-0.4, -0.2) is 47.8 Å². The van der Waals surface area contributed by atoms with Crippen molar-refractivity contribution in [2.45, 2.75) is 13.3 Å².